The molecule has 11 heteroatoms. The molecule has 0 spiro atoms. The molecule has 1 atom stereocenters. The Morgan fingerprint density at radius 3 is 2.46 bits per heavy atom. The number of halogens is 4. The number of hydrazine groups is 1. The highest BCUT2D eigenvalue weighted by atomic mass is 35.5. The Labute approximate surface area is 150 Å². The number of fused-ring (bicyclic) bond motifs is 1. The van der Waals surface area contributed by atoms with Gasteiger partial charge in [-0.1, -0.05) is 11.6 Å². The number of hydrogen-bond donors (Lipinski definition) is 3. The van der Waals surface area contributed by atoms with Gasteiger partial charge in [0.25, 0.3) is 5.78 Å². The number of anilines is 1. The third-order valence-electron chi connectivity index (χ3n) is 4.38. The monoisotopic (exact) mass is 383 g/mol. The largest absolute Gasteiger partial charge is 0.364 e. The Morgan fingerprint density at radius 2 is 1.85 bits per heavy atom. The van der Waals surface area contributed by atoms with Gasteiger partial charge in [-0.25, -0.2) is 24.0 Å². The Morgan fingerprint density at radius 1 is 1.19 bits per heavy atom. The molecule has 2 aromatic heterocycles. The van der Waals surface area contributed by atoms with Crippen molar-refractivity contribution in [2.24, 2.45) is 0 Å². The lowest BCUT2D eigenvalue weighted by Crippen LogP contribution is -2.36. The zero-order chi connectivity index (χ0) is 18.6. The fourth-order valence-corrected chi connectivity index (χ4v) is 2.88. The molecular weight excluding hydrogens is 371 g/mol. The first kappa shape index (κ1) is 17.0. The number of benzene rings is 1. The predicted octanol–water partition coefficient (Wildman–Crippen LogP) is 2.49. The molecule has 136 valence electrons. The van der Waals surface area contributed by atoms with Crippen LogP contribution in [0.5, 0.6) is 0 Å². The zero-order valence-corrected chi connectivity index (χ0v) is 14.4. The van der Waals surface area contributed by atoms with Gasteiger partial charge in [-0.05, 0) is 13.8 Å². The van der Waals surface area contributed by atoms with Gasteiger partial charge in [-0.2, -0.15) is 19.6 Å². The van der Waals surface area contributed by atoms with Gasteiger partial charge in [0.2, 0.25) is 0 Å². The molecule has 3 heterocycles. The van der Waals surface area contributed by atoms with E-state index in [-0.39, 0.29) is 28.4 Å². The molecule has 1 fully saturated rings. The fourth-order valence-electron chi connectivity index (χ4n) is 2.62. The van der Waals surface area contributed by atoms with Gasteiger partial charge >= 0.3 is 0 Å². The predicted molar refractivity (Wildman–Crippen MR) is 88.9 cm³/mol. The average molecular weight is 384 g/mol. The number of hydrogen-bond acceptors (Lipinski definition) is 6. The molecule has 26 heavy (non-hydrogen) atoms. The van der Waals surface area contributed by atoms with Crippen LogP contribution in [0.1, 0.15) is 13.8 Å². The van der Waals surface area contributed by atoms with E-state index in [0.717, 1.165) is 0 Å². The lowest BCUT2D eigenvalue weighted by Gasteiger charge is -2.22. The van der Waals surface area contributed by atoms with Crippen LogP contribution in [0.25, 0.3) is 16.9 Å². The highest BCUT2D eigenvalue weighted by Gasteiger charge is 2.42. The number of aromatic nitrogens is 4. The molecule has 0 amide bonds. The lowest BCUT2D eigenvalue weighted by molar-refractivity contribution is 0.547. The molecule has 1 aromatic carbocycles. The Kier molecular flexibility index (Phi) is 3.79. The summed E-state index contributed by atoms with van der Waals surface area (Å²) in [6.07, 6.45) is 1.24. The van der Waals surface area contributed by atoms with Crippen molar-refractivity contribution >= 4 is 23.2 Å². The summed E-state index contributed by atoms with van der Waals surface area (Å²) in [6, 6.07) is 0.927. The summed E-state index contributed by atoms with van der Waals surface area (Å²) < 4.78 is 43.4. The molecule has 3 N–H and O–H groups in total. The number of nitrogens with zero attached hydrogens (tertiary/aromatic N) is 4. The van der Waals surface area contributed by atoms with Crippen LogP contribution in [0.2, 0.25) is 5.15 Å². The minimum atomic E-state index is -1.10. The second-order valence-corrected chi connectivity index (χ2v) is 6.52. The van der Waals surface area contributed by atoms with E-state index >= 15 is 0 Å². The molecule has 3 aromatic rings. The smallest absolute Gasteiger partial charge is 0.255 e. The average Bonchev–Trinajstić information content (AvgIpc) is 3.14. The van der Waals surface area contributed by atoms with Gasteiger partial charge in [-0.3, -0.25) is 0 Å². The van der Waals surface area contributed by atoms with Gasteiger partial charge in [0, 0.05) is 12.1 Å². The third-order valence-corrected chi connectivity index (χ3v) is 4.65. The highest BCUT2D eigenvalue weighted by molar-refractivity contribution is 6.33. The maximum Gasteiger partial charge on any atom is 0.255 e. The summed E-state index contributed by atoms with van der Waals surface area (Å²) in [4.78, 5) is 7.98. The maximum absolute atomic E-state index is 14.4. The van der Waals surface area contributed by atoms with Crippen molar-refractivity contribution in [1.82, 2.24) is 30.4 Å². The van der Waals surface area contributed by atoms with Crippen LogP contribution in [0.15, 0.2) is 18.5 Å². The first-order valence-electron chi connectivity index (χ1n) is 7.65. The van der Waals surface area contributed by atoms with Crippen LogP contribution in [0.3, 0.4) is 0 Å². The topological polar surface area (TPSA) is 99.0 Å². The summed E-state index contributed by atoms with van der Waals surface area (Å²) in [7, 11) is 0. The van der Waals surface area contributed by atoms with Crippen molar-refractivity contribution < 1.29 is 13.2 Å². The quantitative estimate of drug-likeness (QED) is 0.473. The zero-order valence-electron chi connectivity index (χ0n) is 13.6. The van der Waals surface area contributed by atoms with Crippen LogP contribution in [0, 0.1) is 17.5 Å². The SMILES string of the molecule is CC(Nc1c(-c2c(F)cc(F)cc2F)c(Cl)nc2ncnn12)C1(C)NN1. The van der Waals surface area contributed by atoms with E-state index < -0.39 is 28.7 Å². The molecule has 1 aliphatic rings. The van der Waals surface area contributed by atoms with E-state index in [4.69, 9.17) is 11.6 Å². The van der Waals surface area contributed by atoms with Crippen LogP contribution in [0.4, 0.5) is 19.0 Å². The van der Waals surface area contributed by atoms with Crippen LogP contribution < -0.4 is 16.2 Å². The molecule has 0 bridgehead atoms. The summed E-state index contributed by atoms with van der Waals surface area (Å²) in [5.74, 6) is -2.90. The summed E-state index contributed by atoms with van der Waals surface area (Å²) in [6.45, 7) is 3.75. The minimum Gasteiger partial charge on any atom is -0.364 e. The van der Waals surface area contributed by atoms with Crippen molar-refractivity contribution in [3.8, 4) is 11.1 Å². The third kappa shape index (κ3) is 2.66. The molecule has 1 saturated heterocycles. The molecular formula is C15H13ClF3N7. The van der Waals surface area contributed by atoms with Crippen molar-refractivity contribution in [2.45, 2.75) is 25.6 Å². The Hall–Kier alpha value is -2.43. The van der Waals surface area contributed by atoms with Crippen LogP contribution >= 0.6 is 11.6 Å². The molecule has 1 unspecified atom stereocenters. The lowest BCUT2D eigenvalue weighted by atomic mass is 10.0. The van der Waals surface area contributed by atoms with Crippen molar-refractivity contribution in [1.29, 1.82) is 0 Å². The van der Waals surface area contributed by atoms with Crippen molar-refractivity contribution in [3.05, 3.63) is 41.1 Å². The van der Waals surface area contributed by atoms with Crippen molar-refractivity contribution in [2.75, 3.05) is 5.32 Å². The summed E-state index contributed by atoms with van der Waals surface area (Å²) in [5.41, 5.74) is 4.94. The minimum absolute atomic E-state index is 0.0734. The van der Waals surface area contributed by atoms with Gasteiger partial charge in [-0.15, -0.1) is 0 Å². The second-order valence-electron chi connectivity index (χ2n) is 6.16. The van der Waals surface area contributed by atoms with E-state index in [9.17, 15) is 13.2 Å². The summed E-state index contributed by atoms with van der Waals surface area (Å²) in [5, 5.41) is 6.99. The molecule has 1 aliphatic heterocycles. The van der Waals surface area contributed by atoms with E-state index in [0.29, 0.717) is 12.1 Å². The van der Waals surface area contributed by atoms with Crippen molar-refractivity contribution in [3.63, 3.8) is 0 Å². The first-order valence-corrected chi connectivity index (χ1v) is 8.03. The number of rotatable bonds is 4. The molecule has 0 saturated carbocycles. The molecule has 0 aliphatic carbocycles. The van der Waals surface area contributed by atoms with Gasteiger partial charge in [0.1, 0.15) is 40.4 Å². The van der Waals surface area contributed by atoms with Crippen LogP contribution in [-0.2, 0) is 0 Å². The Balaban J connectivity index is 1.97. The van der Waals surface area contributed by atoms with Crippen LogP contribution in [-0.4, -0.2) is 31.3 Å². The van der Waals surface area contributed by atoms with E-state index in [1.165, 1.54) is 10.8 Å². The van der Waals surface area contributed by atoms with E-state index in [2.05, 4.69) is 31.2 Å². The maximum atomic E-state index is 14.4. The fraction of sp³-hybridized carbons (Fsp3) is 0.267. The molecule has 7 nitrogen and oxygen atoms in total. The second kappa shape index (κ2) is 5.79. The highest BCUT2D eigenvalue weighted by Crippen LogP contribution is 2.38. The Bertz CT molecular complexity index is 995. The molecule has 4 rings (SSSR count). The molecule has 0 radical (unpaired) electrons. The summed E-state index contributed by atoms with van der Waals surface area (Å²) >= 11 is 6.21. The van der Waals surface area contributed by atoms with Gasteiger partial charge in [0.05, 0.1) is 17.2 Å². The normalized spacial score (nSPS) is 16.7. The number of nitrogens with one attached hydrogen (secondary N) is 3. The standard InChI is InChI=1S/C15H13ClF3N7/c1-6(15(2)24-25-15)22-13-11(10-8(18)3-7(17)4-9(10)19)12(16)23-14-20-5-21-26(13)14/h3-6,22,24-25H,1-2H3. The van der Waals surface area contributed by atoms with E-state index in [1.807, 2.05) is 13.8 Å². The first-order chi connectivity index (χ1) is 12.3. The van der Waals surface area contributed by atoms with E-state index in [1.54, 1.807) is 0 Å². The van der Waals surface area contributed by atoms with Gasteiger partial charge in [0.15, 0.2) is 0 Å². The van der Waals surface area contributed by atoms with Gasteiger partial charge < -0.3 is 5.32 Å².